The molecule has 0 radical (unpaired) electrons. The number of aromatic hydroxyl groups is 1. The number of carbonyl (C=O) groups is 1. The molecule has 1 aromatic rings. The maximum Gasteiger partial charge on any atom is 0.412 e. The minimum Gasteiger partial charge on any atom is -0.503 e. The maximum absolute atomic E-state index is 14.0. The van der Waals surface area contributed by atoms with Crippen molar-refractivity contribution in [1.29, 1.82) is 0 Å². The van der Waals surface area contributed by atoms with Crippen molar-refractivity contribution < 1.29 is 23.8 Å². The number of methoxy groups -OCH3 is 1. The fourth-order valence-corrected chi connectivity index (χ4v) is 1.79. The molecule has 1 unspecified atom stereocenters. The summed E-state index contributed by atoms with van der Waals surface area (Å²) in [6.07, 6.45) is -1.95. The number of nitrogens with two attached hydrogens (primary N) is 1. The Bertz CT molecular complexity index is 529. The van der Waals surface area contributed by atoms with Gasteiger partial charge in [0.05, 0.1) is 12.8 Å². The summed E-state index contributed by atoms with van der Waals surface area (Å²) >= 11 is 0. The molecule has 6 nitrogen and oxygen atoms in total. The second-order valence-corrected chi connectivity index (χ2v) is 5.79. The first kappa shape index (κ1) is 18.0. The van der Waals surface area contributed by atoms with E-state index in [9.17, 15) is 14.3 Å². The number of alkyl halides is 1. The molecule has 0 saturated heterocycles. The number of carbonyl (C=O) groups excluding carboxylic acids is 1. The molecule has 0 spiro atoms. The first-order valence-corrected chi connectivity index (χ1v) is 6.93. The van der Waals surface area contributed by atoms with Crippen LogP contribution in [0.5, 0.6) is 11.5 Å². The summed E-state index contributed by atoms with van der Waals surface area (Å²) < 4.78 is 24.1. The molecule has 0 heterocycles. The van der Waals surface area contributed by atoms with Crippen molar-refractivity contribution in [3.63, 3.8) is 0 Å². The average Bonchev–Trinajstić information content (AvgIpc) is 2.39. The number of halogens is 1. The smallest absolute Gasteiger partial charge is 0.412 e. The highest BCUT2D eigenvalue weighted by atomic mass is 19.1. The summed E-state index contributed by atoms with van der Waals surface area (Å²) in [5.41, 5.74) is 4.93. The molecule has 1 atom stereocenters. The molecule has 124 valence electrons. The molecule has 1 amide bonds. The molecule has 0 aromatic heterocycles. The Morgan fingerprint density at radius 2 is 2.09 bits per heavy atom. The van der Waals surface area contributed by atoms with Crippen LogP contribution < -0.4 is 15.8 Å². The normalized spacial score (nSPS) is 12.6. The lowest BCUT2D eigenvalue weighted by molar-refractivity contribution is 0.0635. The van der Waals surface area contributed by atoms with Gasteiger partial charge >= 0.3 is 6.09 Å². The number of benzene rings is 1. The van der Waals surface area contributed by atoms with E-state index in [1.54, 1.807) is 20.8 Å². The fourth-order valence-electron chi connectivity index (χ4n) is 1.79. The minimum absolute atomic E-state index is 0.0169. The molecule has 0 saturated carbocycles. The van der Waals surface area contributed by atoms with E-state index in [0.29, 0.717) is 0 Å². The Balaban J connectivity index is 3.07. The zero-order chi connectivity index (χ0) is 16.9. The van der Waals surface area contributed by atoms with Crippen LogP contribution in [0.4, 0.5) is 14.9 Å². The minimum atomic E-state index is -1.32. The van der Waals surface area contributed by atoms with E-state index < -0.39 is 17.9 Å². The number of nitrogens with one attached hydrogen (secondary N) is 1. The number of ether oxygens (including phenoxy) is 2. The Hall–Kier alpha value is -2.02. The molecular weight excluding hydrogens is 291 g/mol. The van der Waals surface area contributed by atoms with Crippen molar-refractivity contribution in [2.45, 2.75) is 39.0 Å². The van der Waals surface area contributed by atoms with Gasteiger partial charge < -0.3 is 20.3 Å². The Kier molecular flexibility index (Phi) is 5.99. The van der Waals surface area contributed by atoms with Crippen LogP contribution in [0.3, 0.4) is 0 Å². The molecular formula is C15H23FN2O4. The highest BCUT2D eigenvalue weighted by Gasteiger charge is 2.21. The van der Waals surface area contributed by atoms with Crippen molar-refractivity contribution >= 4 is 11.8 Å². The van der Waals surface area contributed by atoms with E-state index in [1.165, 1.54) is 19.2 Å². The molecule has 4 N–H and O–H groups in total. The Labute approximate surface area is 129 Å². The molecule has 22 heavy (non-hydrogen) atoms. The van der Waals surface area contributed by atoms with Crippen LogP contribution in [0.2, 0.25) is 0 Å². The van der Waals surface area contributed by atoms with E-state index in [0.717, 1.165) is 0 Å². The van der Waals surface area contributed by atoms with Crippen LogP contribution in [0, 0.1) is 0 Å². The molecule has 0 aliphatic carbocycles. The van der Waals surface area contributed by atoms with Gasteiger partial charge in [0.15, 0.2) is 11.5 Å². The van der Waals surface area contributed by atoms with Crippen LogP contribution in [-0.2, 0) is 4.74 Å². The van der Waals surface area contributed by atoms with Crippen molar-refractivity contribution in [2.75, 3.05) is 19.0 Å². The predicted molar refractivity (Wildman–Crippen MR) is 82.0 cm³/mol. The Morgan fingerprint density at radius 3 is 2.59 bits per heavy atom. The number of hydrogen-bond acceptors (Lipinski definition) is 5. The van der Waals surface area contributed by atoms with E-state index in [1.807, 2.05) is 0 Å². The predicted octanol–water partition coefficient (Wildman–Crippen LogP) is 3.11. The van der Waals surface area contributed by atoms with E-state index in [-0.39, 0.29) is 35.7 Å². The highest BCUT2D eigenvalue weighted by Crippen LogP contribution is 2.38. The molecule has 1 aromatic carbocycles. The van der Waals surface area contributed by atoms with Gasteiger partial charge in [-0.1, -0.05) is 0 Å². The third-order valence-corrected chi connectivity index (χ3v) is 2.73. The summed E-state index contributed by atoms with van der Waals surface area (Å²) in [5, 5.41) is 12.4. The maximum atomic E-state index is 14.0. The molecule has 0 fully saturated rings. The van der Waals surface area contributed by atoms with E-state index in [2.05, 4.69) is 5.32 Å². The molecule has 1 rings (SSSR count). The topological polar surface area (TPSA) is 93.8 Å². The molecule has 0 bridgehead atoms. The quantitative estimate of drug-likeness (QED) is 0.726. The third-order valence-electron chi connectivity index (χ3n) is 2.73. The third kappa shape index (κ3) is 5.07. The number of hydrogen-bond donors (Lipinski definition) is 3. The van der Waals surface area contributed by atoms with Crippen molar-refractivity contribution in [2.24, 2.45) is 5.73 Å². The van der Waals surface area contributed by atoms with Gasteiger partial charge in [-0.3, -0.25) is 5.32 Å². The molecule has 0 aliphatic rings. The van der Waals surface area contributed by atoms with Gasteiger partial charge in [0.25, 0.3) is 0 Å². The molecule has 7 heteroatoms. The van der Waals surface area contributed by atoms with Crippen LogP contribution in [0.15, 0.2) is 12.1 Å². The average molecular weight is 314 g/mol. The van der Waals surface area contributed by atoms with Gasteiger partial charge in [-0.2, -0.15) is 0 Å². The molecule has 0 aliphatic heterocycles. The van der Waals surface area contributed by atoms with Crippen molar-refractivity contribution in [3.05, 3.63) is 17.7 Å². The standard InChI is InChI=1S/C15H23FN2O4/c1-15(2,3)22-14(20)18-11-7-9(10(16)5-6-17)8-12(21-4)13(11)19/h7-8,10,19H,5-6,17H2,1-4H3,(H,18,20). The van der Waals surface area contributed by atoms with Gasteiger partial charge in [0, 0.05) is 0 Å². The SMILES string of the molecule is COc1cc(C(F)CCN)cc(NC(=O)OC(C)(C)C)c1O. The zero-order valence-corrected chi connectivity index (χ0v) is 13.3. The summed E-state index contributed by atoms with van der Waals surface area (Å²) in [4.78, 5) is 11.8. The van der Waals surface area contributed by atoms with Crippen LogP contribution >= 0.6 is 0 Å². The van der Waals surface area contributed by atoms with Gasteiger partial charge in [-0.25, -0.2) is 9.18 Å². The summed E-state index contributed by atoms with van der Waals surface area (Å²) in [6, 6.07) is 2.71. The van der Waals surface area contributed by atoms with Crippen LogP contribution in [0.1, 0.15) is 38.9 Å². The lowest BCUT2D eigenvalue weighted by Gasteiger charge is -2.20. The highest BCUT2D eigenvalue weighted by molar-refractivity contribution is 5.88. The van der Waals surface area contributed by atoms with Crippen molar-refractivity contribution in [3.8, 4) is 11.5 Å². The van der Waals surface area contributed by atoms with Crippen molar-refractivity contribution in [1.82, 2.24) is 0 Å². The van der Waals surface area contributed by atoms with Gasteiger partial charge in [0.1, 0.15) is 11.8 Å². The number of phenols is 1. The lowest BCUT2D eigenvalue weighted by Crippen LogP contribution is -2.27. The van der Waals surface area contributed by atoms with Gasteiger partial charge in [0.2, 0.25) is 0 Å². The summed E-state index contributed by atoms with van der Waals surface area (Å²) in [5.74, 6) is -0.236. The number of rotatable bonds is 5. The summed E-state index contributed by atoms with van der Waals surface area (Å²) in [6.45, 7) is 5.31. The monoisotopic (exact) mass is 314 g/mol. The van der Waals surface area contributed by atoms with Crippen LogP contribution in [0.25, 0.3) is 0 Å². The van der Waals surface area contributed by atoms with Crippen LogP contribution in [-0.4, -0.2) is 30.5 Å². The number of phenolic OH excluding ortho intramolecular Hbond substituents is 1. The second kappa shape index (κ2) is 7.31. The second-order valence-electron chi connectivity index (χ2n) is 5.79. The number of anilines is 1. The van der Waals surface area contributed by atoms with E-state index in [4.69, 9.17) is 15.2 Å². The largest absolute Gasteiger partial charge is 0.503 e. The first-order valence-electron chi connectivity index (χ1n) is 6.93. The first-order chi connectivity index (χ1) is 10.2. The lowest BCUT2D eigenvalue weighted by atomic mass is 10.1. The van der Waals surface area contributed by atoms with Gasteiger partial charge in [-0.05, 0) is 51.4 Å². The van der Waals surface area contributed by atoms with E-state index >= 15 is 0 Å². The van der Waals surface area contributed by atoms with Gasteiger partial charge in [-0.15, -0.1) is 0 Å². The number of amides is 1. The fraction of sp³-hybridized carbons (Fsp3) is 0.533. The summed E-state index contributed by atoms with van der Waals surface area (Å²) in [7, 11) is 1.34. The Morgan fingerprint density at radius 1 is 1.45 bits per heavy atom. The zero-order valence-electron chi connectivity index (χ0n) is 13.3.